The summed E-state index contributed by atoms with van der Waals surface area (Å²) < 4.78 is 4.75. The minimum atomic E-state index is 0.829. The average molecular weight is 185 g/mol. The molecule has 0 aromatic rings. The van der Waals surface area contributed by atoms with Gasteiger partial charge in [0.25, 0.3) is 0 Å². The minimum Gasteiger partial charge on any atom is -0.379 e. The summed E-state index contributed by atoms with van der Waals surface area (Å²) in [4.78, 5) is 0. The second-order valence-electron chi connectivity index (χ2n) is 3.74. The molecule has 1 radical (unpaired) electrons. The molecule has 0 aromatic carbocycles. The zero-order chi connectivity index (χ0) is 9.78. The summed E-state index contributed by atoms with van der Waals surface area (Å²) in [6.07, 6.45) is 12.3. The van der Waals surface area contributed by atoms with E-state index in [2.05, 4.69) is 14.0 Å². The van der Waals surface area contributed by atoms with Crippen molar-refractivity contribution < 1.29 is 4.74 Å². The van der Waals surface area contributed by atoms with E-state index in [9.17, 15) is 0 Å². The monoisotopic (exact) mass is 185 g/mol. The standard InChI is InChI=1S/C12H25O/c1-3-4-5-6-7-8-9-10-11-12-13-2/h2-12H2,1H3. The van der Waals surface area contributed by atoms with Crippen LogP contribution < -0.4 is 0 Å². The first-order valence-electron chi connectivity index (χ1n) is 5.78. The minimum absolute atomic E-state index is 0.829. The van der Waals surface area contributed by atoms with Crippen molar-refractivity contribution >= 4 is 0 Å². The molecule has 13 heavy (non-hydrogen) atoms. The van der Waals surface area contributed by atoms with Gasteiger partial charge in [-0.2, -0.15) is 0 Å². The summed E-state index contributed by atoms with van der Waals surface area (Å²) in [6.45, 7) is 3.09. The van der Waals surface area contributed by atoms with Gasteiger partial charge in [0.05, 0.1) is 7.11 Å². The van der Waals surface area contributed by atoms with Gasteiger partial charge in [0.1, 0.15) is 0 Å². The van der Waals surface area contributed by atoms with E-state index in [1.807, 2.05) is 0 Å². The molecule has 1 heteroatoms. The molecule has 0 N–H and O–H groups in total. The maximum absolute atomic E-state index is 4.75. The molecule has 0 heterocycles. The van der Waals surface area contributed by atoms with Gasteiger partial charge in [-0.15, -0.1) is 0 Å². The van der Waals surface area contributed by atoms with Gasteiger partial charge in [0, 0.05) is 6.61 Å². The number of hydrogen-bond acceptors (Lipinski definition) is 1. The summed E-state index contributed by atoms with van der Waals surface area (Å²) in [5, 5.41) is 0. The average Bonchev–Trinajstić information content (AvgIpc) is 2.16. The van der Waals surface area contributed by atoms with E-state index in [0.717, 1.165) is 6.61 Å². The Morgan fingerprint density at radius 3 is 1.69 bits per heavy atom. The van der Waals surface area contributed by atoms with E-state index in [0.29, 0.717) is 0 Å². The SMILES string of the molecule is [CH2]OCCCCCCCCCCC. The van der Waals surface area contributed by atoms with Crippen LogP contribution in [0.5, 0.6) is 0 Å². The molecule has 0 aliphatic carbocycles. The van der Waals surface area contributed by atoms with E-state index in [1.165, 1.54) is 57.8 Å². The Kier molecular flexibility index (Phi) is 11.9. The summed E-state index contributed by atoms with van der Waals surface area (Å²) in [6, 6.07) is 0. The topological polar surface area (TPSA) is 9.23 Å². The summed E-state index contributed by atoms with van der Waals surface area (Å²) in [5.74, 6) is 0. The summed E-state index contributed by atoms with van der Waals surface area (Å²) in [7, 11) is 3.35. The molecule has 0 fully saturated rings. The summed E-state index contributed by atoms with van der Waals surface area (Å²) >= 11 is 0. The van der Waals surface area contributed by atoms with E-state index in [1.54, 1.807) is 0 Å². The Bertz CT molecular complexity index is 71.2. The van der Waals surface area contributed by atoms with Crippen LogP contribution in [-0.4, -0.2) is 6.61 Å². The molecule has 0 unspecified atom stereocenters. The van der Waals surface area contributed by atoms with Crippen LogP contribution in [0.1, 0.15) is 64.7 Å². The predicted octanol–water partition coefficient (Wildman–Crippen LogP) is 4.33. The highest BCUT2D eigenvalue weighted by molar-refractivity contribution is 4.46. The second kappa shape index (κ2) is 12.0. The molecule has 0 rings (SSSR count). The van der Waals surface area contributed by atoms with Gasteiger partial charge >= 0.3 is 0 Å². The van der Waals surface area contributed by atoms with Crippen LogP contribution in [0.25, 0.3) is 0 Å². The van der Waals surface area contributed by atoms with Crippen molar-refractivity contribution in [2.24, 2.45) is 0 Å². The molecule has 0 saturated carbocycles. The van der Waals surface area contributed by atoms with E-state index in [-0.39, 0.29) is 0 Å². The van der Waals surface area contributed by atoms with Crippen molar-refractivity contribution in [2.45, 2.75) is 64.7 Å². The number of unbranched alkanes of at least 4 members (excludes halogenated alkanes) is 8. The third-order valence-corrected chi connectivity index (χ3v) is 2.39. The lowest BCUT2D eigenvalue weighted by Gasteiger charge is -2.00. The first-order valence-corrected chi connectivity index (χ1v) is 5.78. The van der Waals surface area contributed by atoms with Crippen LogP contribution in [0.2, 0.25) is 0 Å². The van der Waals surface area contributed by atoms with Crippen LogP contribution in [0.4, 0.5) is 0 Å². The largest absolute Gasteiger partial charge is 0.379 e. The van der Waals surface area contributed by atoms with Crippen molar-refractivity contribution in [1.82, 2.24) is 0 Å². The van der Waals surface area contributed by atoms with Crippen molar-refractivity contribution in [3.63, 3.8) is 0 Å². The molecule has 0 bridgehead atoms. The van der Waals surface area contributed by atoms with Crippen molar-refractivity contribution in [2.75, 3.05) is 6.61 Å². The van der Waals surface area contributed by atoms with Crippen LogP contribution in [0, 0.1) is 7.11 Å². The fraction of sp³-hybridized carbons (Fsp3) is 0.917. The maximum Gasteiger partial charge on any atom is 0.0700 e. The van der Waals surface area contributed by atoms with Gasteiger partial charge in [-0.05, 0) is 6.42 Å². The highest BCUT2D eigenvalue weighted by atomic mass is 16.5. The highest BCUT2D eigenvalue weighted by Crippen LogP contribution is 2.09. The van der Waals surface area contributed by atoms with Gasteiger partial charge in [0.2, 0.25) is 0 Å². The molecule has 0 aliphatic heterocycles. The fourth-order valence-corrected chi connectivity index (χ4v) is 1.51. The quantitative estimate of drug-likeness (QED) is 0.460. The highest BCUT2D eigenvalue weighted by Gasteiger charge is 1.91. The molecule has 79 valence electrons. The molecule has 1 nitrogen and oxygen atoms in total. The Morgan fingerprint density at radius 1 is 0.769 bits per heavy atom. The number of ether oxygens (including phenoxy) is 1. The van der Waals surface area contributed by atoms with E-state index >= 15 is 0 Å². The van der Waals surface area contributed by atoms with Gasteiger partial charge in [0.15, 0.2) is 0 Å². The Morgan fingerprint density at radius 2 is 1.23 bits per heavy atom. The molecule has 0 spiro atoms. The molecule has 0 aliphatic rings. The first kappa shape index (κ1) is 13.0. The van der Waals surface area contributed by atoms with Crippen molar-refractivity contribution in [1.29, 1.82) is 0 Å². The number of rotatable bonds is 10. The zero-order valence-electron chi connectivity index (χ0n) is 9.19. The van der Waals surface area contributed by atoms with E-state index < -0.39 is 0 Å². The van der Waals surface area contributed by atoms with Gasteiger partial charge in [-0.3, -0.25) is 0 Å². The maximum atomic E-state index is 4.75. The summed E-state index contributed by atoms with van der Waals surface area (Å²) in [5.41, 5.74) is 0. The smallest absolute Gasteiger partial charge is 0.0700 e. The predicted molar refractivity (Wildman–Crippen MR) is 58.5 cm³/mol. The number of hydrogen-bond donors (Lipinski definition) is 0. The molecule has 0 aromatic heterocycles. The lowest BCUT2D eigenvalue weighted by atomic mass is 10.1. The normalized spacial score (nSPS) is 10.6. The Hall–Kier alpha value is -0.0400. The third kappa shape index (κ3) is 12.0. The van der Waals surface area contributed by atoms with Crippen LogP contribution in [-0.2, 0) is 4.74 Å². The zero-order valence-corrected chi connectivity index (χ0v) is 9.19. The van der Waals surface area contributed by atoms with Crippen LogP contribution in [0.3, 0.4) is 0 Å². The van der Waals surface area contributed by atoms with Crippen LogP contribution in [0.15, 0.2) is 0 Å². The lowest BCUT2D eigenvalue weighted by molar-refractivity contribution is 0.233. The van der Waals surface area contributed by atoms with Crippen LogP contribution >= 0.6 is 0 Å². The Labute approximate surface area is 83.9 Å². The first-order chi connectivity index (χ1) is 6.41. The second-order valence-corrected chi connectivity index (χ2v) is 3.74. The third-order valence-electron chi connectivity index (χ3n) is 2.39. The van der Waals surface area contributed by atoms with Crippen molar-refractivity contribution in [3.8, 4) is 0 Å². The van der Waals surface area contributed by atoms with Gasteiger partial charge in [-0.1, -0.05) is 58.3 Å². The van der Waals surface area contributed by atoms with Crippen molar-refractivity contribution in [3.05, 3.63) is 7.11 Å². The van der Waals surface area contributed by atoms with Gasteiger partial charge < -0.3 is 4.74 Å². The Balaban J connectivity index is 2.76. The molecule has 0 amide bonds. The van der Waals surface area contributed by atoms with E-state index in [4.69, 9.17) is 4.74 Å². The molecular weight excluding hydrogens is 160 g/mol. The molecular formula is C12H25O. The lowest BCUT2D eigenvalue weighted by Crippen LogP contribution is -1.86. The molecule has 0 atom stereocenters. The molecule has 0 saturated heterocycles. The fourth-order valence-electron chi connectivity index (χ4n) is 1.51. The van der Waals surface area contributed by atoms with Gasteiger partial charge in [-0.25, -0.2) is 0 Å².